The molecule has 0 N–H and O–H groups in total. The molecule has 0 spiro atoms. The molecule has 0 radical (unpaired) electrons. The van der Waals surface area contributed by atoms with Gasteiger partial charge >= 0.3 is 5.69 Å². The van der Waals surface area contributed by atoms with Crippen molar-refractivity contribution in [3.63, 3.8) is 0 Å². The van der Waals surface area contributed by atoms with E-state index >= 15 is 0 Å². The highest BCUT2D eigenvalue weighted by molar-refractivity contribution is 6.21. The summed E-state index contributed by atoms with van der Waals surface area (Å²) in [5.74, 6) is -0.544. The van der Waals surface area contributed by atoms with Gasteiger partial charge < -0.3 is 0 Å². The highest BCUT2D eigenvalue weighted by Crippen LogP contribution is 2.21. The monoisotopic (exact) mass is 362 g/mol. The molecule has 1 aliphatic rings. The Morgan fingerprint density at radius 1 is 0.889 bits per heavy atom. The fourth-order valence-electron chi connectivity index (χ4n) is 3.37. The highest BCUT2D eigenvalue weighted by atomic mass is 16.2. The second-order valence-electron chi connectivity index (χ2n) is 6.49. The Bertz CT molecular complexity index is 1130. The van der Waals surface area contributed by atoms with E-state index in [4.69, 9.17) is 0 Å². The molecule has 0 unspecified atom stereocenters. The van der Waals surface area contributed by atoms with Crippen LogP contribution in [-0.4, -0.2) is 45.2 Å². The third kappa shape index (κ3) is 2.68. The van der Waals surface area contributed by atoms with Crippen molar-refractivity contribution >= 4 is 29.1 Å². The molecule has 136 valence electrons. The zero-order chi connectivity index (χ0) is 19.1. The van der Waals surface area contributed by atoms with E-state index in [2.05, 4.69) is 4.99 Å². The first-order valence-corrected chi connectivity index (χ1v) is 8.59. The van der Waals surface area contributed by atoms with Crippen LogP contribution < -0.4 is 5.69 Å². The van der Waals surface area contributed by atoms with Gasteiger partial charge in [-0.05, 0) is 29.8 Å². The van der Waals surface area contributed by atoms with E-state index in [1.807, 2.05) is 18.2 Å². The number of hydrogen-bond acceptors (Lipinski definition) is 4. The van der Waals surface area contributed by atoms with Crippen molar-refractivity contribution in [2.45, 2.75) is 0 Å². The fraction of sp³-hybridized carbons (Fsp3) is 0.200. The van der Waals surface area contributed by atoms with E-state index in [9.17, 15) is 14.4 Å². The lowest BCUT2D eigenvalue weighted by atomic mass is 10.1. The van der Waals surface area contributed by atoms with Gasteiger partial charge in [0.15, 0.2) is 0 Å². The van der Waals surface area contributed by atoms with Gasteiger partial charge in [0.1, 0.15) is 0 Å². The van der Waals surface area contributed by atoms with Crippen molar-refractivity contribution in [1.82, 2.24) is 14.0 Å². The summed E-state index contributed by atoms with van der Waals surface area (Å²) in [7, 11) is 3.47. The zero-order valence-electron chi connectivity index (χ0n) is 15.0. The van der Waals surface area contributed by atoms with Crippen molar-refractivity contribution < 1.29 is 9.59 Å². The number of nitrogens with zero attached hydrogens (tertiary/aromatic N) is 4. The third-order valence-corrected chi connectivity index (χ3v) is 4.87. The van der Waals surface area contributed by atoms with E-state index in [1.165, 1.54) is 4.90 Å². The number of imidazole rings is 1. The maximum Gasteiger partial charge on any atom is 0.328 e. The number of imide groups is 1. The van der Waals surface area contributed by atoms with Crippen LogP contribution >= 0.6 is 0 Å². The zero-order valence-corrected chi connectivity index (χ0v) is 15.0. The smallest absolute Gasteiger partial charge is 0.295 e. The van der Waals surface area contributed by atoms with Gasteiger partial charge in [-0.1, -0.05) is 18.2 Å². The third-order valence-electron chi connectivity index (χ3n) is 4.87. The van der Waals surface area contributed by atoms with Gasteiger partial charge in [0.25, 0.3) is 11.8 Å². The Labute approximate surface area is 155 Å². The second kappa shape index (κ2) is 6.35. The molecule has 7 heteroatoms. The SMILES string of the molecule is Cn1c(=O)n(C)c2cc(/C=N/CCN3C(=O)c4ccccc4C3=O)ccc21. The summed E-state index contributed by atoms with van der Waals surface area (Å²) in [6, 6.07) is 12.5. The van der Waals surface area contributed by atoms with Crippen LogP contribution in [0.4, 0.5) is 0 Å². The molecule has 2 aromatic carbocycles. The number of aliphatic imine (C=N–C) groups is 1. The molecule has 27 heavy (non-hydrogen) atoms. The first-order valence-electron chi connectivity index (χ1n) is 8.59. The van der Waals surface area contributed by atoms with Crippen LogP contribution in [0.5, 0.6) is 0 Å². The summed E-state index contributed by atoms with van der Waals surface area (Å²) < 4.78 is 3.18. The minimum absolute atomic E-state index is 0.0790. The number of carbonyl (C=O) groups excluding carboxylic acids is 2. The van der Waals surface area contributed by atoms with Crippen LogP contribution in [0.3, 0.4) is 0 Å². The summed E-state index contributed by atoms with van der Waals surface area (Å²) in [6.07, 6.45) is 1.69. The van der Waals surface area contributed by atoms with Gasteiger partial charge in [-0.25, -0.2) is 4.79 Å². The van der Waals surface area contributed by atoms with Gasteiger partial charge in [0, 0.05) is 26.9 Å². The molecule has 3 aromatic rings. The number of fused-ring (bicyclic) bond motifs is 2. The highest BCUT2D eigenvalue weighted by Gasteiger charge is 2.34. The average molecular weight is 362 g/mol. The van der Waals surface area contributed by atoms with Crippen molar-refractivity contribution in [3.05, 3.63) is 69.6 Å². The van der Waals surface area contributed by atoms with E-state index < -0.39 is 0 Å². The molecule has 1 aromatic heterocycles. The van der Waals surface area contributed by atoms with Crippen LogP contribution in [0, 0.1) is 0 Å². The Kier molecular flexibility index (Phi) is 3.99. The van der Waals surface area contributed by atoms with Gasteiger partial charge in [0.2, 0.25) is 0 Å². The minimum Gasteiger partial charge on any atom is -0.295 e. The summed E-state index contributed by atoms with van der Waals surface area (Å²) in [5.41, 5.74) is 3.34. The number of rotatable bonds is 4. The van der Waals surface area contributed by atoms with Gasteiger partial charge in [0.05, 0.1) is 28.7 Å². The van der Waals surface area contributed by atoms with Crippen molar-refractivity contribution in [3.8, 4) is 0 Å². The Balaban J connectivity index is 1.47. The number of benzene rings is 2. The van der Waals surface area contributed by atoms with Crippen LogP contribution in [0.15, 0.2) is 52.3 Å². The molecule has 4 rings (SSSR count). The topological polar surface area (TPSA) is 76.7 Å². The predicted octanol–water partition coefficient (Wildman–Crippen LogP) is 1.59. The Morgan fingerprint density at radius 2 is 1.52 bits per heavy atom. The van der Waals surface area contributed by atoms with E-state index in [0.29, 0.717) is 17.7 Å². The van der Waals surface area contributed by atoms with E-state index in [1.54, 1.807) is 53.7 Å². The second-order valence-corrected chi connectivity index (χ2v) is 6.49. The number of aromatic nitrogens is 2. The number of carbonyl (C=O) groups is 2. The minimum atomic E-state index is -0.272. The van der Waals surface area contributed by atoms with Crippen molar-refractivity contribution in [1.29, 1.82) is 0 Å². The largest absolute Gasteiger partial charge is 0.328 e. The summed E-state index contributed by atoms with van der Waals surface area (Å²) in [6.45, 7) is 0.548. The molecule has 0 atom stereocenters. The summed E-state index contributed by atoms with van der Waals surface area (Å²) in [5, 5.41) is 0. The average Bonchev–Trinajstić information content (AvgIpc) is 3.06. The van der Waals surface area contributed by atoms with Crippen LogP contribution in [0.25, 0.3) is 11.0 Å². The van der Waals surface area contributed by atoms with Crippen molar-refractivity contribution in [2.75, 3.05) is 13.1 Å². The number of amides is 2. The number of hydrogen-bond donors (Lipinski definition) is 0. The molecule has 0 saturated carbocycles. The molecule has 2 heterocycles. The normalized spacial score (nSPS) is 13.9. The standard InChI is InChI=1S/C20H18N4O3/c1-22-16-8-7-13(11-17(16)23(2)20(22)27)12-21-9-10-24-18(25)14-5-3-4-6-15(14)19(24)26/h3-8,11-12H,9-10H2,1-2H3/b21-12+. The Morgan fingerprint density at radius 3 is 2.19 bits per heavy atom. The molecule has 0 aliphatic carbocycles. The molecule has 0 fully saturated rings. The maximum atomic E-state index is 12.3. The molecular formula is C20H18N4O3. The predicted molar refractivity (Wildman–Crippen MR) is 102 cm³/mol. The lowest BCUT2D eigenvalue weighted by Crippen LogP contribution is -2.32. The van der Waals surface area contributed by atoms with Gasteiger partial charge in [-0.15, -0.1) is 0 Å². The van der Waals surface area contributed by atoms with Crippen LogP contribution in [-0.2, 0) is 14.1 Å². The maximum absolute atomic E-state index is 12.3. The van der Waals surface area contributed by atoms with Crippen molar-refractivity contribution in [2.24, 2.45) is 19.1 Å². The molecular weight excluding hydrogens is 344 g/mol. The van der Waals surface area contributed by atoms with E-state index in [0.717, 1.165) is 16.6 Å². The number of aryl methyl sites for hydroxylation is 2. The molecule has 2 amide bonds. The van der Waals surface area contributed by atoms with E-state index in [-0.39, 0.29) is 24.0 Å². The van der Waals surface area contributed by atoms with Crippen LogP contribution in [0.1, 0.15) is 26.3 Å². The summed E-state index contributed by atoms with van der Waals surface area (Å²) >= 11 is 0. The molecule has 0 bridgehead atoms. The first kappa shape index (κ1) is 17.0. The summed E-state index contributed by atoms with van der Waals surface area (Å²) in [4.78, 5) is 42.2. The first-order chi connectivity index (χ1) is 13.0. The quantitative estimate of drug-likeness (QED) is 0.522. The molecule has 7 nitrogen and oxygen atoms in total. The Hall–Kier alpha value is -3.48. The lowest BCUT2D eigenvalue weighted by molar-refractivity contribution is 0.0659. The van der Waals surface area contributed by atoms with Gasteiger partial charge in [-0.2, -0.15) is 0 Å². The lowest BCUT2D eigenvalue weighted by Gasteiger charge is -2.11. The molecule has 1 aliphatic heterocycles. The fourth-order valence-corrected chi connectivity index (χ4v) is 3.37. The van der Waals surface area contributed by atoms with Gasteiger partial charge in [-0.3, -0.25) is 28.6 Å². The van der Waals surface area contributed by atoms with Crippen LogP contribution in [0.2, 0.25) is 0 Å². The molecule has 0 saturated heterocycles.